The summed E-state index contributed by atoms with van der Waals surface area (Å²) in [7, 11) is -3.46. The van der Waals surface area contributed by atoms with Crippen molar-refractivity contribution in [2.45, 2.75) is 31.6 Å². The van der Waals surface area contributed by atoms with Gasteiger partial charge in [-0.2, -0.15) is 0 Å². The second-order valence-corrected chi connectivity index (χ2v) is 7.01. The van der Waals surface area contributed by atoms with Gasteiger partial charge in [0, 0.05) is 12.1 Å². The fourth-order valence-corrected chi connectivity index (χ4v) is 3.17. The predicted molar refractivity (Wildman–Crippen MR) is 73.5 cm³/mol. The Morgan fingerprint density at radius 2 is 1.89 bits per heavy atom. The minimum Gasteiger partial charge on any atom is -0.295 e. The molecule has 0 bridgehead atoms. The third-order valence-electron chi connectivity index (χ3n) is 3.59. The Balaban J connectivity index is 2.03. The molecule has 1 N–H and O–H groups in total. The maximum Gasteiger partial charge on any atom is 0.240 e. The third-order valence-corrected chi connectivity index (χ3v) is 5.03. The Hall–Kier alpha value is -1.20. The predicted octanol–water partition coefficient (Wildman–Crippen LogP) is 2.21. The first-order valence-electron chi connectivity index (χ1n) is 6.51. The van der Waals surface area contributed by atoms with Gasteiger partial charge in [0.25, 0.3) is 0 Å². The van der Waals surface area contributed by atoms with Crippen LogP contribution in [0.4, 0.5) is 0 Å². The zero-order chi connectivity index (χ0) is 14.0. The first-order chi connectivity index (χ1) is 8.90. The van der Waals surface area contributed by atoms with E-state index in [9.17, 15) is 13.2 Å². The Labute approximate surface area is 114 Å². The van der Waals surface area contributed by atoms with E-state index in [-0.39, 0.29) is 10.7 Å². The largest absolute Gasteiger partial charge is 0.295 e. The van der Waals surface area contributed by atoms with Crippen LogP contribution in [-0.4, -0.2) is 20.7 Å². The molecule has 4 nitrogen and oxygen atoms in total. The molecular weight excluding hydrogens is 262 g/mol. The number of hydrogen-bond donors (Lipinski definition) is 1. The van der Waals surface area contributed by atoms with Crippen LogP contribution < -0.4 is 4.72 Å². The van der Waals surface area contributed by atoms with Crippen LogP contribution >= 0.6 is 0 Å². The van der Waals surface area contributed by atoms with Gasteiger partial charge >= 0.3 is 0 Å². The van der Waals surface area contributed by atoms with Crippen molar-refractivity contribution in [1.29, 1.82) is 0 Å². The van der Waals surface area contributed by atoms with Crippen LogP contribution in [0.2, 0.25) is 0 Å². The number of benzene rings is 1. The lowest BCUT2D eigenvalue weighted by Crippen LogP contribution is -2.29. The van der Waals surface area contributed by atoms with Gasteiger partial charge < -0.3 is 0 Å². The van der Waals surface area contributed by atoms with E-state index in [2.05, 4.69) is 11.6 Å². The van der Waals surface area contributed by atoms with Crippen molar-refractivity contribution in [3.63, 3.8) is 0 Å². The van der Waals surface area contributed by atoms with Gasteiger partial charge in [-0.1, -0.05) is 19.1 Å². The molecule has 2 rings (SSSR count). The molecule has 0 saturated heterocycles. The number of carbonyl (C=O) groups excluding carboxylic acids is 1. The SMILES string of the molecule is CC(=O)c1ccc(S(=O)(=O)NCC(C)C2CC2)cc1. The van der Waals surface area contributed by atoms with Crippen LogP contribution in [-0.2, 0) is 10.0 Å². The summed E-state index contributed by atoms with van der Waals surface area (Å²) in [6, 6.07) is 6.03. The first kappa shape index (κ1) is 14.2. The lowest BCUT2D eigenvalue weighted by molar-refractivity contribution is 0.101. The second-order valence-electron chi connectivity index (χ2n) is 5.25. The molecule has 1 atom stereocenters. The topological polar surface area (TPSA) is 63.2 Å². The highest BCUT2D eigenvalue weighted by molar-refractivity contribution is 7.89. The van der Waals surface area contributed by atoms with E-state index in [0.717, 1.165) is 0 Å². The standard InChI is InChI=1S/C14H19NO3S/c1-10(12-3-4-12)9-15-19(17,18)14-7-5-13(6-8-14)11(2)16/h5-8,10,12,15H,3-4,9H2,1-2H3. The van der Waals surface area contributed by atoms with Crippen LogP contribution in [0.1, 0.15) is 37.0 Å². The van der Waals surface area contributed by atoms with Crippen LogP contribution in [0.5, 0.6) is 0 Å². The summed E-state index contributed by atoms with van der Waals surface area (Å²) in [6.07, 6.45) is 2.41. The van der Waals surface area contributed by atoms with E-state index >= 15 is 0 Å². The molecule has 5 heteroatoms. The number of hydrogen-bond acceptors (Lipinski definition) is 3. The zero-order valence-corrected chi connectivity index (χ0v) is 12.0. The molecule has 0 heterocycles. The Kier molecular flexibility index (Phi) is 4.06. The van der Waals surface area contributed by atoms with Crippen molar-refractivity contribution in [2.75, 3.05) is 6.54 Å². The molecule has 19 heavy (non-hydrogen) atoms. The Morgan fingerprint density at radius 3 is 2.37 bits per heavy atom. The fraction of sp³-hybridized carbons (Fsp3) is 0.500. The lowest BCUT2D eigenvalue weighted by Gasteiger charge is -2.12. The molecule has 104 valence electrons. The molecule has 1 saturated carbocycles. The summed E-state index contributed by atoms with van der Waals surface area (Å²) in [4.78, 5) is 11.3. The zero-order valence-electron chi connectivity index (χ0n) is 11.2. The third kappa shape index (κ3) is 3.64. The van der Waals surface area contributed by atoms with Crippen molar-refractivity contribution in [3.8, 4) is 0 Å². The highest BCUT2D eigenvalue weighted by atomic mass is 32.2. The first-order valence-corrected chi connectivity index (χ1v) is 7.99. The molecule has 1 unspecified atom stereocenters. The minimum atomic E-state index is -3.46. The van der Waals surface area contributed by atoms with Gasteiger partial charge in [-0.15, -0.1) is 0 Å². The fourth-order valence-electron chi connectivity index (χ4n) is 2.03. The van der Waals surface area contributed by atoms with Gasteiger partial charge in [0.05, 0.1) is 4.90 Å². The van der Waals surface area contributed by atoms with Crippen LogP contribution in [0.25, 0.3) is 0 Å². The number of rotatable bonds is 6. The second kappa shape index (κ2) is 5.43. The van der Waals surface area contributed by atoms with E-state index in [1.54, 1.807) is 12.1 Å². The van der Waals surface area contributed by atoms with Crippen molar-refractivity contribution in [1.82, 2.24) is 4.72 Å². The molecule has 0 radical (unpaired) electrons. The maximum atomic E-state index is 12.1. The average molecular weight is 281 g/mol. The number of ketones is 1. The van der Waals surface area contributed by atoms with E-state index in [0.29, 0.717) is 23.9 Å². The molecule has 0 amide bonds. The average Bonchev–Trinajstić information content (AvgIpc) is 3.20. The van der Waals surface area contributed by atoms with Crippen LogP contribution in [0, 0.1) is 11.8 Å². The van der Waals surface area contributed by atoms with E-state index in [4.69, 9.17) is 0 Å². The van der Waals surface area contributed by atoms with Gasteiger partial charge in [-0.3, -0.25) is 4.79 Å². The summed E-state index contributed by atoms with van der Waals surface area (Å²) < 4.78 is 26.8. The van der Waals surface area contributed by atoms with E-state index in [1.165, 1.54) is 31.9 Å². The summed E-state index contributed by atoms with van der Waals surface area (Å²) in [5, 5.41) is 0. The van der Waals surface area contributed by atoms with Gasteiger partial charge in [0.1, 0.15) is 0 Å². The summed E-state index contributed by atoms with van der Waals surface area (Å²) in [5.41, 5.74) is 0.519. The normalized spacial score (nSPS) is 17.2. The minimum absolute atomic E-state index is 0.0701. The molecule has 1 aliphatic rings. The molecule has 0 aromatic heterocycles. The Bertz CT molecular complexity index is 559. The highest BCUT2D eigenvalue weighted by Gasteiger charge is 2.28. The number of nitrogens with one attached hydrogen (secondary N) is 1. The highest BCUT2D eigenvalue weighted by Crippen LogP contribution is 2.36. The van der Waals surface area contributed by atoms with Crippen molar-refractivity contribution in [2.24, 2.45) is 11.8 Å². The molecular formula is C14H19NO3S. The number of carbonyl (C=O) groups is 1. The van der Waals surface area contributed by atoms with Gasteiger partial charge in [0.15, 0.2) is 5.78 Å². The van der Waals surface area contributed by atoms with Gasteiger partial charge in [-0.25, -0.2) is 13.1 Å². The van der Waals surface area contributed by atoms with Crippen LogP contribution in [0.3, 0.4) is 0 Å². The monoisotopic (exact) mass is 281 g/mol. The Morgan fingerprint density at radius 1 is 1.32 bits per heavy atom. The molecule has 1 aromatic carbocycles. The van der Waals surface area contributed by atoms with Crippen molar-refractivity contribution < 1.29 is 13.2 Å². The smallest absolute Gasteiger partial charge is 0.240 e. The van der Waals surface area contributed by atoms with Gasteiger partial charge in [0.2, 0.25) is 10.0 Å². The summed E-state index contributed by atoms with van der Waals surface area (Å²) in [5.74, 6) is 0.980. The number of sulfonamides is 1. The lowest BCUT2D eigenvalue weighted by atomic mass is 10.1. The van der Waals surface area contributed by atoms with Gasteiger partial charge in [-0.05, 0) is 43.7 Å². The summed E-state index contributed by atoms with van der Waals surface area (Å²) >= 11 is 0. The van der Waals surface area contributed by atoms with Crippen molar-refractivity contribution in [3.05, 3.63) is 29.8 Å². The molecule has 0 spiro atoms. The number of Topliss-reactive ketones (excluding diaryl/α,β-unsaturated/α-hetero) is 1. The summed E-state index contributed by atoms with van der Waals surface area (Å²) in [6.45, 7) is 4.00. The molecule has 1 aromatic rings. The van der Waals surface area contributed by atoms with Crippen molar-refractivity contribution >= 4 is 15.8 Å². The molecule has 0 aliphatic heterocycles. The van der Waals surface area contributed by atoms with E-state index < -0.39 is 10.0 Å². The van der Waals surface area contributed by atoms with Crippen LogP contribution in [0.15, 0.2) is 29.2 Å². The molecule has 1 fully saturated rings. The van der Waals surface area contributed by atoms with E-state index in [1.807, 2.05) is 0 Å². The maximum absolute atomic E-state index is 12.1. The molecule has 1 aliphatic carbocycles. The quantitative estimate of drug-likeness (QED) is 0.813.